The molecule has 0 aliphatic heterocycles. The number of para-hydroxylation sites is 1. The highest BCUT2D eigenvalue weighted by Gasteiger charge is 2.09. The molecular formula is C19H22N4O3. The second-order valence-electron chi connectivity index (χ2n) is 5.66. The Morgan fingerprint density at radius 3 is 2.46 bits per heavy atom. The van der Waals surface area contributed by atoms with Gasteiger partial charge in [-0.05, 0) is 43.7 Å². The molecule has 7 heteroatoms. The van der Waals surface area contributed by atoms with Crippen molar-refractivity contribution in [1.82, 2.24) is 5.43 Å². The number of nitrogens with one attached hydrogen (secondary N) is 3. The Bertz CT molecular complexity index is 804. The third-order valence-electron chi connectivity index (χ3n) is 3.50. The first-order valence-corrected chi connectivity index (χ1v) is 8.29. The molecule has 2 aromatic rings. The van der Waals surface area contributed by atoms with Gasteiger partial charge < -0.3 is 15.7 Å². The second kappa shape index (κ2) is 9.22. The lowest BCUT2D eigenvalue weighted by Gasteiger charge is -2.09. The molecule has 0 radical (unpaired) electrons. The highest BCUT2D eigenvalue weighted by atomic mass is 16.3. The molecule has 0 aliphatic carbocycles. The second-order valence-corrected chi connectivity index (χ2v) is 5.66. The summed E-state index contributed by atoms with van der Waals surface area (Å²) in [5.41, 5.74) is 4.39. The van der Waals surface area contributed by atoms with Crippen LogP contribution in [-0.2, 0) is 4.79 Å². The molecular weight excluding hydrogens is 332 g/mol. The monoisotopic (exact) mass is 354 g/mol. The predicted octanol–water partition coefficient (Wildman–Crippen LogP) is 3.68. The lowest BCUT2D eigenvalue weighted by Crippen LogP contribution is -2.25. The summed E-state index contributed by atoms with van der Waals surface area (Å²) >= 11 is 0. The number of carbonyl (C=O) groups excluding carboxylic acids is 2. The van der Waals surface area contributed by atoms with Crippen LogP contribution in [0.5, 0.6) is 5.75 Å². The Kier molecular flexibility index (Phi) is 6.73. The van der Waals surface area contributed by atoms with E-state index in [0.29, 0.717) is 29.1 Å². The number of urea groups is 1. The molecule has 0 aliphatic rings. The van der Waals surface area contributed by atoms with Crippen LogP contribution in [0.25, 0.3) is 0 Å². The number of carbonyl (C=O) groups is 2. The van der Waals surface area contributed by atoms with Gasteiger partial charge >= 0.3 is 6.03 Å². The third kappa shape index (κ3) is 5.62. The highest BCUT2D eigenvalue weighted by molar-refractivity contribution is 6.03. The van der Waals surface area contributed by atoms with Crippen molar-refractivity contribution >= 4 is 29.0 Å². The molecule has 2 rings (SSSR count). The van der Waals surface area contributed by atoms with Crippen molar-refractivity contribution in [2.24, 2.45) is 5.10 Å². The van der Waals surface area contributed by atoms with E-state index in [1.807, 2.05) is 13.0 Å². The molecule has 0 fully saturated rings. The van der Waals surface area contributed by atoms with Crippen LogP contribution >= 0.6 is 0 Å². The summed E-state index contributed by atoms with van der Waals surface area (Å²) in [4.78, 5) is 23.6. The molecule has 0 saturated carbocycles. The number of hydrazone groups is 1. The lowest BCUT2D eigenvalue weighted by atomic mass is 10.1. The van der Waals surface area contributed by atoms with Crippen molar-refractivity contribution < 1.29 is 14.7 Å². The van der Waals surface area contributed by atoms with Crippen LogP contribution in [0.15, 0.2) is 53.6 Å². The molecule has 7 nitrogen and oxygen atoms in total. The van der Waals surface area contributed by atoms with Gasteiger partial charge in [-0.3, -0.25) is 4.79 Å². The van der Waals surface area contributed by atoms with Crippen molar-refractivity contribution in [3.8, 4) is 5.75 Å². The summed E-state index contributed by atoms with van der Waals surface area (Å²) in [5.74, 6) is -0.0934. The normalized spacial score (nSPS) is 10.9. The number of rotatable bonds is 6. The zero-order chi connectivity index (χ0) is 18.9. The minimum absolute atomic E-state index is 0.00464. The van der Waals surface area contributed by atoms with Crippen LogP contribution < -0.4 is 16.1 Å². The minimum Gasteiger partial charge on any atom is -0.507 e. The van der Waals surface area contributed by atoms with Crippen LogP contribution in [0.4, 0.5) is 16.2 Å². The number of amides is 3. The van der Waals surface area contributed by atoms with Crippen LogP contribution in [0.1, 0.15) is 32.3 Å². The van der Waals surface area contributed by atoms with E-state index in [1.54, 1.807) is 43.3 Å². The maximum absolute atomic E-state index is 11.9. The first-order chi connectivity index (χ1) is 12.5. The number of nitrogens with zero attached hydrogens (tertiary/aromatic N) is 1. The first-order valence-electron chi connectivity index (χ1n) is 8.29. The van der Waals surface area contributed by atoms with Crippen molar-refractivity contribution in [1.29, 1.82) is 0 Å². The van der Waals surface area contributed by atoms with Gasteiger partial charge in [0, 0.05) is 23.4 Å². The Hall–Kier alpha value is -3.35. The molecule has 0 unspecified atom stereocenters. The van der Waals surface area contributed by atoms with E-state index in [9.17, 15) is 14.7 Å². The van der Waals surface area contributed by atoms with E-state index in [2.05, 4.69) is 21.2 Å². The topological polar surface area (TPSA) is 103 Å². The van der Waals surface area contributed by atoms with E-state index < -0.39 is 6.03 Å². The summed E-state index contributed by atoms with van der Waals surface area (Å²) in [6.45, 7) is 3.57. The predicted molar refractivity (Wildman–Crippen MR) is 102 cm³/mol. The van der Waals surface area contributed by atoms with Crippen LogP contribution in [0.2, 0.25) is 0 Å². The summed E-state index contributed by atoms with van der Waals surface area (Å²) in [6, 6.07) is 13.2. The molecule has 0 heterocycles. The number of phenols is 1. The van der Waals surface area contributed by atoms with Gasteiger partial charge in [-0.15, -0.1) is 0 Å². The van der Waals surface area contributed by atoms with E-state index in [4.69, 9.17) is 0 Å². The van der Waals surface area contributed by atoms with Crippen molar-refractivity contribution in [3.63, 3.8) is 0 Å². The first kappa shape index (κ1) is 19.0. The molecule has 136 valence electrons. The van der Waals surface area contributed by atoms with Gasteiger partial charge in [-0.1, -0.05) is 25.1 Å². The fourth-order valence-corrected chi connectivity index (χ4v) is 2.23. The number of benzene rings is 2. The molecule has 0 bridgehead atoms. The maximum atomic E-state index is 11.9. The van der Waals surface area contributed by atoms with E-state index in [1.165, 1.54) is 6.07 Å². The van der Waals surface area contributed by atoms with Gasteiger partial charge in [-0.25, -0.2) is 10.2 Å². The van der Waals surface area contributed by atoms with E-state index in [-0.39, 0.29) is 11.7 Å². The quantitative estimate of drug-likeness (QED) is 0.361. The van der Waals surface area contributed by atoms with Crippen LogP contribution in [0, 0.1) is 0 Å². The van der Waals surface area contributed by atoms with Gasteiger partial charge in [-0.2, -0.15) is 5.10 Å². The Morgan fingerprint density at radius 2 is 1.77 bits per heavy atom. The molecule has 0 saturated heterocycles. The zero-order valence-corrected chi connectivity index (χ0v) is 14.7. The molecule has 4 N–H and O–H groups in total. The van der Waals surface area contributed by atoms with Gasteiger partial charge in [0.1, 0.15) is 5.75 Å². The van der Waals surface area contributed by atoms with Crippen LogP contribution in [-0.4, -0.2) is 22.8 Å². The Labute approximate surface area is 152 Å². The van der Waals surface area contributed by atoms with Crippen molar-refractivity contribution in [2.45, 2.75) is 26.7 Å². The SMILES string of the molecule is CCCC(=O)Nc1ccc(O)c(/C(C)=N/NC(=O)Nc2ccccc2)c1. The van der Waals surface area contributed by atoms with Crippen molar-refractivity contribution in [3.05, 3.63) is 54.1 Å². The van der Waals surface area contributed by atoms with Gasteiger partial charge in [0.2, 0.25) is 5.91 Å². The fraction of sp³-hybridized carbons (Fsp3) is 0.211. The van der Waals surface area contributed by atoms with E-state index in [0.717, 1.165) is 6.42 Å². The number of aromatic hydroxyl groups is 1. The molecule has 3 amide bonds. The summed E-state index contributed by atoms with van der Waals surface area (Å²) in [7, 11) is 0. The van der Waals surface area contributed by atoms with Crippen molar-refractivity contribution in [2.75, 3.05) is 10.6 Å². The van der Waals surface area contributed by atoms with E-state index >= 15 is 0 Å². The van der Waals surface area contributed by atoms with Gasteiger partial charge in [0.05, 0.1) is 5.71 Å². The average molecular weight is 354 g/mol. The molecule has 2 aromatic carbocycles. The largest absolute Gasteiger partial charge is 0.507 e. The Balaban J connectivity index is 2.05. The Morgan fingerprint density at radius 1 is 1.04 bits per heavy atom. The average Bonchev–Trinajstić information content (AvgIpc) is 2.62. The number of hydrogen-bond acceptors (Lipinski definition) is 4. The minimum atomic E-state index is -0.498. The summed E-state index contributed by atoms with van der Waals surface area (Å²) in [6.07, 6.45) is 1.17. The molecule has 26 heavy (non-hydrogen) atoms. The third-order valence-corrected chi connectivity index (χ3v) is 3.50. The summed E-state index contributed by atoms with van der Waals surface area (Å²) < 4.78 is 0. The fourth-order valence-electron chi connectivity index (χ4n) is 2.23. The molecule has 0 aromatic heterocycles. The number of hydrogen-bond donors (Lipinski definition) is 4. The van der Waals surface area contributed by atoms with Crippen LogP contribution in [0.3, 0.4) is 0 Å². The molecule has 0 atom stereocenters. The smallest absolute Gasteiger partial charge is 0.339 e. The number of phenolic OH excluding ortho intramolecular Hbond substituents is 1. The lowest BCUT2D eigenvalue weighted by molar-refractivity contribution is -0.116. The number of anilines is 2. The molecule has 0 spiro atoms. The standard InChI is InChI=1S/C19H22N4O3/c1-3-7-18(25)20-15-10-11-17(24)16(12-15)13(2)22-23-19(26)21-14-8-5-4-6-9-14/h4-6,8-12,24H,3,7H2,1-2H3,(H,20,25)(H2,21,23,26)/b22-13+. The summed E-state index contributed by atoms with van der Waals surface area (Å²) in [5, 5.41) is 19.4. The maximum Gasteiger partial charge on any atom is 0.339 e. The van der Waals surface area contributed by atoms with Gasteiger partial charge in [0.25, 0.3) is 0 Å². The van der Waals surface area contributed by atoms with Gasteiger partial charge in [0.15, 0.2) is 0 Å². The zero-order valence-electron chi connectivity index (χ0n) is 14.7. The highest BCUT2D eigenvalue weighted by Crippen LogP contribution is 2.22.